The van der Waals surface area contributed by atoms with Crippen LogP contribution in [0.15, 0.2) is 0 Å². The molecule has 0 aliphatic rings. The van der Waals surface area contributed by atoms with Gasteiger partial charge in [0.2, 0.25) is 0 Å². The lowest BCUT2D eigenvalue weighted by Crippen LogP contribution is -2.47. The third kappa shape index (κ3) is 8.93. The summed E-state index contributed by atoms with van der Waals surface area (Å²) in [5, 5.41) is 3.58. The first kappa shape index (κ1) is 19.9. The summed E-state index contributed by atoms with van der Waals surface area (Å²) in [6, 6.07) is 1.33. The van der Waals surface area contributed by atoms with Crippen LogP contribution in [0.1, 0.15) is 60.8 Å². The van der Waals surface area contributed by atoms with Gasteiger partial charge in [-0.05, 0) is 45.6 Å². The Morgan fingerprint density at radius 1 is 1.05 bits per heavy atom. The van der Waals surface area contributed by atoms with E-state index in [9.17, 15) is 0 Å². The van der Waals surface area contributed by atoms with E-state index in [4.69, 9.17) is 4.74 Å². The highest BCUT2D eigenvalue weighted by Crippen LogP contribution is 2.14. The molecule has 1 atom stereocenters. The minimum atomic E-state index is 0.606. The van der Waals surface area contributed by atoms with Gasteiger partial charge >= 0.3 is 0 Å². The molecule has 0 aliphatic heterocycles. The molecule has 3 nitrogen and oxygen atoms in total. The van der Waals surface area contributed by atoms with E-state index in [1.165, 1.54) is 19.4 Å². The molecule has 0 aromatic carbocycles. The zero-order valence-corrected chi connectivity index (χ0v) is 14.7. The number of rotatable bonds is 13. The van der Waals surface area contributed by atoms with Crippen molar-refractivity contribution in [3.05, 3.63) is 0 Å². The van der Waals surface area contributed by atoms with E-state index in [0.717, 1.165) is 44.7 Å². The van der Waals surface area contributed by atoms with Crippen molar-refractivity contribution in [2.45, 2.75) is 72.9 Å². The van der Waals surface area contributed by atoms with Gasteiger partial charge in [-0.1, -0.05) is 27.7 Å². The average Bonchev–Trinajstić information content (AvgIpc) is 2.42. The van der Waals surface area contributed by atoms with Crippen molar-refractivity contribution < 1.29 is 4.74 Å². The first-order chi connectivity index (χ1) is 9.56. The van der Waals surface area contributed by atoms with Gasteiger partial charge < -0.3 is 10.1 Å². The smallest absolute Gasteiger partial charge is 0.0477 e. The summed E-state index contributed by atoms with van der Waals surface area (Å²) < 4.78 is 5.36. The third-order valence-electron chi connectivity index (χ3n) is 3.84. The minimum Gasteiger partial charge on any atom is -0.382 e. The minimum absolute atomic E-state index is 0.606. The molecule has 0 aromatic rings. The van der Waals surface area contributed by atoms with Crippen molar-refractivity contribution in [3.8, 4) is 0 Å². The second-order valence-electron chi connectivity index (χ2n) is 6.16. The molecule has 0 fully saturated rings. The maximum Gasteiger partial charge on any atom is 0.0477 e. The molecule has 0 aromatic heterocycles. The SMILES string of the molecule is CCOCCCNCC(C)N(CC(C)C)C(CC)CC. The maximum absolute atomic E-state index is 5.36. The molecule has 3 heteroatoms. The lowest BCUT2D eigenvalue weighted by Gasteiger charge is -2.37. The first-order valence-corrected chi connectivity index (χ1v) is 8.60. The standard InChI is InChI=1S/C17H38N2O/c1-7-17(8-2)19(14-15(4)5)16(6)13-18-11-10-12-20-9-3/h15-18H,7-14H2,1-6H3. The fraction of sp³-hybridized carbons (Fsp3) is 1.00. The average molecular weight is 287 g/mol. The number of nitrogens with zero attached hydrogens (tertiary/aromatic N) is 1. The molecule has 20 heavy (non-hydrogen) atoms. The lowest BCUT2D eigenvalue weighted by atomic mass is 10.0. The molecule has 0 aliphatic carbocycles. The summed E-state index contributed by atoms with van der Waals surface area (Å²) in [5.41, 5.74) is 0. The largest absolute Gasteiger partial charge is 0.382 e. The van der Waals surface area contributed by atoms with Gasteiger partial charge in [0, 0.05) is 38.4 Å². The predicted molar refractivity (Wildman–Crippen MR) is 89.4 cm³/mol. The molecule has 1 unspecified atom stereocenters. The van der Waals surface area contributed by atoms with E-state index < -0.39 is 0 Å². The van der Waals surface area contributed by atoms with E-state index in [-0.39, 0.29) is 0 Å². The monoisotopic (exact) mass is 286 g/mol. The van der Waals surface area contributed by atoms with Gasteiger partial charge in [0.1, 0.15) is 0 Å². The Hall–Kier alpha value is -0.120. The first-order valence-electron chi connectivity index (χ1n) is 8.60. The molecule has 0 rings (SSSR count). The van der Waals surface area contributed by atoms with Crippen LogP contribution in [-0.2, 0) is 4.74 Å². The van der Waals surface area contributed by atoms with Crippen molar-refractivity contribution in [2.24, 2.45) is 5.92 Å². The second kappa shape index (κ2) is 12.6. The lowest BCUT2D eigenvalue weighted by molar-refractivity contribution is 0.115. The highest BCUT2D eigenvalue weighted by Gasteiger charge is 2.21. The van der Waals surface area contributed by atoms with Crippen molar-refractivity contribution in [3.63, 3.8) is 0 Å². The summed E-state index contributed by atoms with van der Waals surface area (Å²) in [6.45, 7) is 18.7. The summed E-state index contributed by atoms with van der Waals surface area (Å²) >= 11 is 0. The normalized spacial score (nSPS) is 13.7. The molecule has 0 radical (unpaired) electrons. The van der Waals surface area contributed by atoms with Gasteiger partial charge in [0.25, 0.3) is 0 Å². The zero-order valence-electron chi connectivity index (χ0n) is 14.7. The van der Waals surface area contributed by atoms with Crippen LogP contribution in [0.4, 0.5) is 0 Å². The Labute approximate surface area is 127 Å². The van der Waals surface area contributed by atoms with Crippen molar-refractivity contribution in [1.29, 1.82) is 0 Å². The summed E-state index contributed by atoms with van der Waals surface area (Å²) in [7, 11) is 0. The fourth-order valence-corrected chi connectivity index (χ4v) is 2.74. The number of nitrogens with one attached hydrogen (secondary N) is 1. The van der Waals surface area contributed by atoms with E-state index in [0.29, 0.717) is 6.04 Å². The van der Waals surface area contributed by atoms with Crippen LogP contribution >= 0.6 is 0 Å². The van der Waals surface area contributed by atoms with Crippen LogP contribution in [0, 0.1) is 5.92 Å². The number of hydrogen-bond acceptors (Lipinski definition) is 3. The van der Waals surface area contributed by atoms with E-state index in [1.807, 2.05) is 0 Å². The van der Waals surface area contributed by atoms with E-state index in [1.54, 1.807) is 0 Å². The quantitative estimate of drug-likeness (QED) is 0.524. The van der Waals surface area contributed by atoms with Gasteiger partial charge in [-0.15, -0.1) is 0 Å². The second-order valence-corrected chi connectivity index (χ2v) is 6.16. The Balaban J connectivity index is 4.09. The van der Waals surface area contributed by atoms with Crippen molar-refractivity contribution >= 4 is 0 Å². The van der Waals surface area contributed by atoms with Crippen LogP contribution < -0.4 is 5.32 Å². The van der Waals surface area contributed by atoms with Crippen LogP contribution in [0.3, 0.4) is 0 Å². The van der Waals surface area contributed by atoms with Crippen LogP contribution in [0.25, 0.3) is 0 Å². The Kier molecular flexibility index (Phi) is 12.5. The van der Waals surface area contributed by atoms with Gasteiger partial charge in [-0.2, -0.15) is 0 Å². The topological polar surface area (TPSA) is 24.5 Å². The van der Waals surface area contributed by atoms with Gasteiger partial charge in [-0.25, -0.2) is 0 Å². The van der Waals surface area contributed by atoms with Crippen molar-refractivity contribution in [2.75, 3.05) is 32.8 Å². The Morgan fingerprint density at radius 3 is 2.20 bits per heavy atom. The fourth-order valence-electron chi connectivity index (χ4n) is 2.74. The highest BCUT2D eigenvalue weighted by atomic mass is 16.5. The molecule has 0 heterocycles. The Morgan fingerprint density at radius 2 is 1.70 bits per heavy atom. The molecule has 122 valence electrons. The summed E-state index contributed by atoms with van der Waals surface area (Å²) in [5.74, 6) is 0.732. The number of ether oxygens (including phenoxy) is 1. The molecule has 0 spiro atoms. The van der Waals surface area contributed by atoms with Gasteiger partial charge in [-0.3, -0.25) is 4.90 Å². The molecular formula is C17H38N2O. The molecule has 0 saturated carbocycles. The van der Waals surface area contributed by atoms with Crippen molar-refractivity contribution in [1.82, 2.24) is 10.2 Å². The molecule has 0 bridgehead atoms. The third-order valence-corrected chi connectivity index (χ3v) is 3.84. The Bertz CT molecular complexity index is 205. The molecule has 0 amide bonds. The highest BCUT2D eigenvalue weighted by molar-refractivity contribution is 4.77. The van der Waals surface area contributed by atoms with Gasteiger partial charge in [0.05, 0.1) is 0 Å². The summed E-state index contributed by atoms with van der Waals surface area (Å²) in [6.07, 6.45) is 3.60. The number of hydrogen-bond donors (Lipinski definition) is 1. The maximum atomic E-state index is 5.36. The molecular weight excluding hydrogens is 248 g/mol. The van der Waals surface area contributed by atoms with Crippen LogP contribution in [0.5, 0.6) is 0 Å². The molecule has 0 saturated heterocycles. The van der Waals surface area contributed by atoms with E-state index >= 15 is 0 Å². The van der Waals surface area contributed by atoms with E-state index in [2.05, 4.69) is 51.8 Å². The zero-order chi connectivity index (χ0) is 15.4. The van der Waals surface area contributed by atoms with Crippen LogP contribution in [0.2, 0.25) is 0 Å². The molecule has 1 N–H and O–H groups in total. The predicted octanol–water partition coefficient (Wildman–Crippen LogP) is 3.54. The summed E-state index contributed by atoms with van der Waals surface area (Å²) in [4.78, 5) is 2.69. The van der Waals surface area contributed by atoms with Crippen LogP contribution in [-0.4, -0.2) is 49.8 Å². The van der Waals surface area contributed by atoms with Gasteiger partial charge in [0.15, 0.2) is 0 Å².